The number of hydrogen-bond donors (Lipinski definition) is 8. The number of pyridine rings is 1. The highest BCUT2D eigenvalue weighted by Gasteiger charge is 2.40. The third-order valence-electron chi connectivity index (χ3n) is 10.5. The quantitative estimate of drug-likeness (QED) is 0.0575. The van der Waals surface area contributed by atoms with Crippen LogP contribution in [0.15, 0.2) is 97.3 Å². The topological polar surface area (TPSA) is 237 Å². The van der Waals surface area contributed by atoms with E-state index in [-0.39, 0.29) is 32.0 Å². The minimum absolute atomic E-state index is 0.0910. The molecule has 0 unspecified atom stereocenters. The number of fused-ring (bicyclic) bond motifs is 2. The number of aromatic nitrogens is 5. The van der Waals surface area contributed by atoms with E-state index in [1.54, 1.807) is 72.3 Å². The first-order valence-electron chi connectivity index (χ1n) is 20.8. The summed E-state index contributed by atoms with van der Waals surface area (Å²) in [6.45, 7) is 8.99. The number of methoxy groups -OCH3 is 1. The van der Waals surface area contributed by atoms with E-state index in [0.29, 0.717) is 28.4 Å². The maximum absolute atomic E-state index is 14.5. The Kier molecular flexibility index (Phi) is 15.1. The van der Waals surface area contributed by atoms with Gasteiger partial charge in [0.05, 0.1) is 54.1 Å². The molecule has 0 saturated carbocycles. The molecule has 3 heterocycles. The van der Waals surface area contributed by atoms with Gasteiger partial charge in [-0.25, -0.2) is 14.8 Å². The molecule has 3 aromatic heterocycles. The number of H-pyrrole nitrogens is 2. The Hall–Kier alpha value is -6.85. The first-order valence-corrected chi connectivity index (χ1v) is 20.8. The van der Waals surface area contributed by atoms with Crippen LogP contribution in [0.1, 0.15) is 57.4 Å². The van der Waals surface area contributed by atoms with E-state index in [1.165, 1.54) is 0 Å². The number of rotatable bonds is 19. The van der Waals surface area contributed by atoms with Gasteiger partial charge in [-0.15, -0.1) is 0 Å². The number of alkyl carbamates (subject to hydrolysis) is 1. The SMILES string of the molecule is COc1ccc(CN[C@@H](C(=O)N[C@H](C(=O)NCc2nc3ccccc3[nH]2)C(C)C)[C@H](O)[C@H](Cc2ccccc2)NC(=O)[C@@H](NC(=O)OCc2nc3ccncc3[nH]2)C(C)(C)C)cc1. The molecule has 5 atom stereocenters. The van der Waals surface area contributed by atoms with Crippen LogP contribution in [-0.2, 0) is 45.2 Å². The number of aliphatic hydroxyl groups excluding tert-OH is 1. The standard InChI is InChI=1S/C46H56N10O7/c1-27(2)38(42(58)49-25-36-50-31-14-10-11-15-32(31)51-36)55-43(59)39(48-23-29-16-18-30(62-6)19-17-29)40(57)34(22-28-12-8-7-9-13-28)54-44(60)41(46(3,4)5)56-45(61)63-26-37-52-33-20-21-47-24-35(33)53-37/h7-21,24,27,34,38-41,48,57H,22-23,25-26H2,1-6H3,(H,49,58)(H,50,51)(H,52,53)(H,54,60)(H,55,59)(H,56,61)/t34-,38-,39+,40+,41+/m0/s1. The van der Waals surface area contributed by atoms with E-state index in [9.17, 15) is 24.3 Å². The van der Waals surface area contributed by atoms with E-state index in [2.05, 4.69) is 51.5 Å². The van der Waals surface area contributed by atoms with Crippen LogP contribution < -0.4 is 31.3 Å². The summed E-state index contributed by atoms with van der Waals surface area (Å²) in [4.78, 5) is 75.0. The van der Waals surface area contributed by atoms with Crippen LogP contribution in [-0.4, -0.2) is 91.2 Å². The number of amides is 4. The van der Waals surface area contributed by atoms with Crippen molar-refractivity contribution in [3.63, 3.8) is 0 Å². The number of hydrogen-bond acceptors (Lipinski definition) is 11. The maximum Gasteiger partial charge on any atom is 0.408 e. The van der Waals surface area contributed by atoms with E-state index in [4.69, 9.17) is 9.47 Å². The number of nitrogens with one attached hydrogen (secondary N) is 7. The fourth-order valence-electron chi connectivity index (χ4n) is 7.06. The first kappa shape index (κ1) is 45.7. The lowest BCUT2D eigenvalue weighted by atomic mass is 9.85. The molecule has 0 spiro atoms. The maximum atomic E-state index is 14.5. The molecule has 0 fully saturated rings. The average Bonchev–Trinajstić information content (AvgIpc) is 3.89. The lowest BCUT2D eigenvalue weighted by Gasteiger charge is -2.35. The molecule has 0 bridgehead atoms. The van der Waals surface area contributed by atoms with Crippen LogP contribution in [0, 0.1) is 11.3 Å². The monoisotopic (exact) mass is 860 g/mol. The number of aromatic amines is 2. The summed E-state index contributed by atoms with van der Waals surface area (Å²) in [5.41, 5.74) is 3.64. The lowest BCUT2D eigenvalue weighted by molar-refractivity contribution is -0.134. The number of para-hydroxylation sites is 2. The van der Waals surface area contributed by atoms with Crippen LogP contribution in [0.5, 0.6) is 5.75 Å². The van der Waals surface area contributed by atoms with Gasteiger partial charge in [0.25, 0.3) is 0 Å². The Morgan fingerprint density at radius 1 is 0.730 bits per heavy atom. The average molecular weight is 861 g/mol. The molecule has 17 heteroatoms. The van der Waals surface area contributed by atoms with Crippen molar-refractivity contribution in [2.75, 3.05) is 7.11 Å². The molecule has 332 valence electrons. The summed E-state index contributed by atoms with van der Waals surface area (Å²) in [6, 6.07) is 21.1. The molecule has 4 amide bonds. The number of carbonyl (C=O) groups is 4. The number of carbonyl (C=O) groups excluding carboxylic acids is 4. The molecular formula is C46H56N10O7. The molecule has 6 aromatic rings. The molecule has 0 aliphatic carbocycles. The van der Waals surface area contributed by atoms with Gasteiger partial charge < -0.3 is 45.8 Å². The van der Waals surface area contributed by atoms with Gasteiger partial charge in [-0.1, -0.05) is 89.2 Å². The highest BCUT2D eigenvalue weighted by atomic mass is 16.5. The molecule has 6 rings (SSSR count). The second kappa shape index (κ2) is 20.8. The van der Waals surface area contributed by atoms with Crippen LogP contribution >= 0.6 is 0 Å². The zero-order chi connectivity index (χ0) is 45.1. The molecule has 17 nitrogen and oxygen atoms in total. The van der Waals surface area contributed by atoms with E-state index in [1.807, 2.05) is 66.7 Å². The molecule has 63 heavy (non-hydrogen) atoms. The van der Waals surface area contributed by atoms with Crippen molar-refractivity contribution in [2.24, 2.45) is 11.3 Å². The first-order chi connectivity index (χ1) is 30.2. The van der Waals surface area contributed by atoms with Crippen LogP contribution in [0.4, 0.5) is 4.79 Å². The summed E-state index contributed by atoms with van der Waals surface area (Å²) in [7, 11) is 1.56. The van der Waals surface area contributed by atoms with E-state index >= 15 is 0 Å². The Labute approximate surface area is 365 Å². The van der Waals surface area contributed by atoms with Gasteiger partial charge in [0.15, 0.2) is 6.61 Å². The van der Waals surface area contributed by atoms with E-state index in [0.717, 1.165) is 22.2 Å². The summed E-state index contributed by atoms with van der Waals surface area (Å²) in [5, 5.41) is 27.0. The van der Waals surface area contributed by atoms with Crippen molar-refractivity contribution >= 4 is 45.9 Å². The number of nitrogens with zero attached hydrogens (tertiary/aromatic N) is 3. The molecule has 8 N–H and O–H groups in total. The van der Waals surface area contributed by atoms with Crippen molar-refractivity contribution in [3.8, 4) is 5.75 Å². The predicted octanol–water partition coefficient (Wildman–Crippen LogP) is 4.19. The van der Waals surface area contributed by atoms with Gasteiger partial charge in [0, 0.05) is 12.7 Å². The Bertz CT molecular complexity index is 2400. The summed E-state index contributed by atoms with van der Waals surface area (Å²) >= 11 is 0. The van der Waals surface area contributed by atoms with Crippen molar-refractivity contribution in [1.82, 2.24) is 51.5 Å². The molecular weight excluding hydrogens is 805 g/mol. The predicted molar refractivity (Wildman–Crippen MR) is 237 cm³/mol. The van der Waals surface area contributed by atoms with Gasteiger partial charge in [0.1, 0.15) is 35.5 Å². The van der Waals surface area contributed by atoms with Gasteiger partial charge in [-0.3, -0.25) is 24.7 Å². The van der Waals surface area contributed by atoms with Gasteiger partial charge >= 0.3 is 6.09 Å². The minimum Gasteiger partial charge on any atom is -0.497 e. The molecule has 0 radical (unpaired) electrons. The summed E-state index contributed by atoms with van der Waals surface area (Å²) in [6.07, 6.45) is 0.901. The van der Waals surface area contributed by atoms with Crippen molar-refractivity contribution in [1.29, 1.82) is 0 Å². The highest BCUT2D eigenvalue weighted by molar-refractivity contribution is 5.91. The van der Waals surface area contributed by atoms with Gasteiger partial charge in [-0.05, 0) is 59.2 Å². The highest BCUT2D eigenvalue weighted by Crippen LogP contribution is 2.22. The zero-order valence-corrected chi connectivity index (χ0v) is 36.3. The molecule has 3 aromatic carbocycles. The lowest BCUT2D eigenvalue weighted by Crippen LogP contribution is -2.63. The van der Waals surface area contributed by atoms with Gasteiger partial charge in [-0.2, -0.15) is 0 Å². The van der Waals surface area contributed by atoms with E-state index < -0.39 is 59.5 Å². The second-order valence-corrected chi connectivity index (χ2v) is 16.7. The molecule has 0 aliphatic heterocycles. The summed E-state index contributed by atoms with van der Waals surface area (Å²) < 4.78 is 10.8. The number of aliphatic hydroxyl groups is 1. The second-order valence-electron chi connectivity index (χ2n) is 16.7. The zero-order valence-electron chi connectivity index (χ0n) is 36.3. The fraction of sp³-hybridized carbons (Fsp3) is 0.370. The summed E-state index contributed by atoms with van der Waals surface area (Å²) in [5.74, 6) is -0.501. The van der Waals surface area contributed by atoms with Crippen LogP contribution in [0.25, 0.3) is 22.1 Å². The largest absolute Gasteiger partial charge is 0.497 e. The Morgan fingerprint density at radius 2 is 1.41 bits per heavy atom. The third-order valence-corrected chi connectivity index (χ3v) is 10.5. The van der Waals surface area contributed by atoms with Crippen molar-refractivity contribution in [3.05, 3.63) is 120 Å². The third kappa shape index (κ3) is 12.4. The number of benzene rings is 3. The van der Waals surface area contributed by atoms with Crippen LogP contribution in [0.2, 0.25) is 0 Å². The van der Waals surface area contributed by atoms with Crippen molar-refractivity contribution in [2.45, 2.75) is 91.0 Å². The Morgan fingerprint density at radius 3 is 2.10 bits per heavy atom. The number of imidazole rings is 2. The number of ether oxygens (including phenoxy) is 2. The van der Waals surface area contributed by atoms with Crippen LogP contribution in [0.3, 0.4) is 0 Å². The fourth-order valence-corrected chi connectivity index (χ4v) is 7.06. The Balaban J connectivity index is 1.22. The minimum atomic E-state index is -1.56. The van der Waals surface area contributed by atoms with Crippen molar-refractivity contribution < 1.29 is 33.8 Å². The van der Waals surface area contributed by atoms with Gasteiger partial charge in [0.2, 0.25) is 17.7 Å². The smallest absolute Gasteiger partial charge is 0.408 e. The molecule has 0 aliphatic rings. The molecule has 0 saturated heterocycles. The normalized spacial score (nSPS) is 14.0.